The van der Waals surface area contributed by atoms with Crippen molar-refractivity contribution >= 4 is 17.3 Å². The number of amides is 1. The highest BCUT2D eigenvalue weighted by molar-refractivity contribution is 5.80. The van der Waals surface area contributed by atoms with Crippen LogP contribution in [-0.4, -0.2) is 23.4 Å². The second kappa shape index (κ2) is 4.40. The third-order valence-corrected chi connectivity index (χ3v) is 2.76. The number of benzene rings is 1. The lowest BCUT2D eigenvalue weighted by Crippen LogP contribution is -2.22. The topological polar surface area (TPSA) is 84.3 Å². The number of rotatable bonds is 3. The fourth-order valence-corrected chi connectivity index (χ4v) is 1.94. The molecule has 0 bridgehead atoms. The lowest BCUT2D eigenvalue weighted by Gasteiger charge is -2.12. The monoisotopic (exact) mass is 235 g/mol. The normalized spacial score (nSPS) is 18.9. The number of hydrogen-bond donors (Lipinski definition) is 2. The Morgan fingerprint density at radius 2 is 2.29 bits per heavy atom. The zero-order valence-electron chi connectivity index (χ0n) is 9.40. The average molecular weight is 235 g/mol. The van der Waals surface area contributed by atoms with Gasteiger partial charge in [0.1, 0.15) is 5.69 Å². The number of aryl methyl sites for hydroxylation is 1. The summed E-state index contributed by atoms with van der Waals surface area (Å²) in [6, 6.07) is 5.03. The fraction of sp³-hybridized carbons (Fsp3) is 0.364. The second-order valence-electron chi connectivity index (χ2n) is 4.08. The lowest BCUT2D eigenvalue weighted by molar-refractivity contribution is -0.384. The van der Waals surface area contributed by atoms with Crippen molar-refractivity contribution in [2.75, 3.05) is 11.9 Å². The zero-order chi connectivity index (χ0) is 12.4. The summed E-state index contributed by atoms with van der Waals surface area (Å²) in [6.45, 7) is 2.20. The van der Waals surface area contributed by atoms with Crippen LogP contribution in [0.1, 0.15) is 12.0 Å². The van der Waals surface area contributed by atoms with Crippen molar-refractivity contribution in [2.45, 2.75) is 19.4 Å². The molecule has 0 aromatic heterocycles. The Morgan fingerprint density at radius 1 is 1.53 bits per heavy atom. The van der Waals surface area contributed by atoms with E-state index in [4.69, 9.17) is 0 Å². The van der Waals surface area contributed by atoms with Gasteiger partial charge in [0.15, 0.2) is 0 Å². The molecule has 0 radical (unpaired) electrons. The molecule has 0 saturated carbocycles. The smallest absolute Gasteiger partial charge is 0.295 e. The van der Waals surface area contributed by atoms with Crippen LogP contribution in [0.4, 0.5) is 11.4 Å². The molecule has 6 nitrogen and oxygen atoms in total. The molecule has 1 aliphatic rings. The van der Waals surface area contributed by atoms with Gasteiger partial charge >= 0.3 is 0 Å². The van der Waals surface area contributed by atoms with E-state index in [0.29, 0.717) is 24.2 Å². The number of carbonyl (C=O) groups excluding carboxylic acids is 1. The van der Waals surface area contributed by atoms with Gasteiger partial charge in [-0.05, 0) is 13.0 Å². The van der Waals surface area contributed by atoms with E-state index in [2.05, 4.69) is 10.6 Å². The number of para-hydroxylation sites is 1. The van der Waals surface area contributed by atoms with Crippen molar-refractivity contribution in [3.05, 3.63) is 33.9 Å². The summed E-state index contributed by atoms with van der Waals surface area (Å²) in [5, 5.41) is 16.7. The van der Waals surface area contributed by atoms with Crippen LogP contribution in [-0.2, 0) is 4.79 Å². The maximum Gasteiger partial charge on any atom is 0.295 e. The molecule has 2 N–H and O–H groups in total. The number of nitro benzene ring substituents is 1. The van der Waals surface area contributed by atoms with Crippen LogP contribution in [0.15, 0.2) is 18.2 Å². The molecule has 1 amide bonds. The Bertz CT molecular complexity index is 473. The third-order valence-electron chi connectivity index (χ3n) is 2.76. The van der Waals surface area contributed by atoms with E-state index >= 15 is 0 Å². The SMILES string of the molecule is Cc1cccc(NC2CNC(=O)C2)c1[N+](=O)[O-]. The molecule has 1 atom stereocenters. The summed E-state index contributed by atoms with van der Waals surface area (Å²) in [7, 11) is 0. The van der Waals surface area contributed by atoms with Gasteiger partial charge in [-0.1, -0.05) is 12.1 Å². The first kappa shape index (κ1) is 11.4. The largest absolute Gasteiger partial charge is 0.374 e. The molecule has 0 aliphatic carbocycles. The molecule has 1 saturated heterocycles. The van der Waals surface area contributed by atoms with E-state index in [1.165, 1.54) is 0 Å². The van der Waals surface area contributed by atoms with E-state index in [1.807, 2.05) is 0 Å². The molecule has 1 heterocycles. The molecule has 0 spiro atoms. The lowest BCUT2D eigenvalue weighted by atomic mass is 10.1. The molecule has 2 rings (SSSR count). The summed E-state index contributed by atoms with van der Waals surface area (Å²) in [4.78, 5) is 21.6. The molecule has 6 heteroatoms. The first-order valence-corrected chi connectivity index (χ1v) is 5.35. The average Bonchev–Trinajstić information content (AvgIpc) is 2.63. The molecule has 1 fully saturated rings. The van der Waals surface area contributed by atoms with Gasteiger partial charge in [-0.25, -0.2) is 0 Å². The minimum Gasteiger partial charge on any atom is -0.374 e. The summed E-state index contributed by atoms with van der Waals surface area (Å²) in [5.41, 5.74) is 1.15. The Morgan fingerprint density at radius 3 is 2.88 bits per heavy atom. The van der Waals surface area contributed by atoms with Crippen molar-refractivity contribution in [2.24, 2.45) is 0 Å². The van der Waals surface area contributed by atoms with Gasteiger partial charge in [-0.2, -0.15) is 0 Å². The van der Waals surface area contributed by atoms with Crippen molar-refractivity contribution in [3.8, 4) is 0 Å². The standard InChI is InChI=1S/C11H13N3O3/c1-7-3-2-4-9(11(7)14(16)17)13-8-5-10(15)12-6-8/h2-4,8,13H,5-6H2,1H3,(H,12,15). The number of hydrogen-bond acceptors (Lipinski definition) is 4. The number of nitrogens with zero attached hydrogens (tertiary/aromatic N) is 1. The van der Waals surface area contributed by atoms with Gasteiger partial charge in [0.05, 0.1) is 11.0 Å². The summed E-state index contributed by atoms with van der Waals surface area (Å²) in [6.07, 6.45) is 0.352. The van der Waals surface area contributed by atoms with Crippen LogP contribution in [0.25, 0.3) is 0 Å². The molecular weight excluding hydrogens is 222 g/mol. The Labute approximate surface area is 98.2 Å². The van der Waals surface area contributed by atoms with E-state index in [-0.39, 0.29) is 17.6 Å². The van der Waals surface area contributed by atoms with Crippen LogP contribution in [0.5, 0.6) is 0 Å². The Hall–Kier alpha value is -2.11. The van der Waals surface area contributed by atoms with Gasteiger partial charge in [0.2, 0.25) is 5.91 Å². The van der Waals surface area contributed by atoms with Crippen LogP contribution in [0, 0.1) is 17.0 Å². The summed E-state index contributed by atoms with van der Waals surface area (Å²) < 4.78 is 0. The van der Waals surface area contributed by atoms with Gasteiger partial charge in [-0.15, -0.1) is 0 Å². The highest BCUT2D eigenvalue weighted by atomic mass is 16.6. The van der Waals surface area contributed by atoms with Crippen molar-refractivity contribution < 1.29 is 9.72 Å². The summed E-state index contributed by atoms with van der Waals surface area (Å²) >= 11 is 0. The highest BCUT2D eigenvalue weighted by Gasteiger charge is 2.24. The number of nitro groups is 1. The first-order valence-electron chi connectivity index (χ1n) is 5.35. The molecule has 1 unspecified atom stereocenters. The van der Waals surface area contributed by atoms with Crippen LogP contribution >= 0.6 is 0 Å². The second-order valence-corrected chi connectivity index (χ2v) is 4.08. The minimum absolute atomic E-state index is 0.0298. The quantitative estimate of drug-likeness (QED) is 0.609. The van der Waals surface area contributed by atoms with Crippen molar-refractivity contribution in [3.63, 3.8) is 0 Å². The Balaban J connectivity index is 2.23. The molecule has 17 heavy (non-hydrogen) atoms. The third kappa shape index (κ3) is 2.35. The van der Waals surface area contributed by atoms with E-state index in [9.17, 15) is 14.9 Å². The predicted octanol–water partition coefficient (Wildman–Crippen LogP) is 1.20. The maximum absolute atomic E-state index is 11.0. The minimum atomic E-state index is -0.401. The van der Waals surface area contributed by atoms with Gasteiger partial charge in [-0.3, -0.25) is 14.9 Å². The van der Waals surface area contributed by atoms with Crippen LogP contribution in [0.3, 0.4) is 0 Å². The number of carbonyl (C=O) groups is 1. The van der Waals surface area contributed by atoms with Crippen LogP contribution in [0.2, 0.25) is 0 Å². The van der Waals surface area contributed by atoms with E-state index < -0.39 is 4.92 Å². The number of anilines is 1. The molecule has 1 aliphatic heterocycles. The van der Waals surface area contributed by atoms with Gasteiger partial charge < -0.3 is 10.6 Å². The molecular formula is C11H13N3O3. The van der Waals surface area contributed by atoms with Gasteiger partial charge in [0.25, 0.3) is 5.69 Å². The number of nitrogens with one attached hydrogen (secondary N) is 2. The molecule has 1 aromatic rings. The summed E-state index contributed by atoms with van der Waals surface area (Å²) in [5.74, 6) is -0.0298. The molecule has 1 aromatic carbocycles. The fourth-order valence-electron chi connectivity index (χ4n) is 1.94. The van der Waals surface area contributed by atoms with E-state index in [0.717, 1.165) is 0 Å². The first-order chi connectivity index (χ1) is 8.08. The maximum atomic E-state index is 11.0. The van der Waals surface area contributed by atoms with Crippen molar-refractivity contribution in [1.82, 2.24) is 5.32 Å². The molecule has 90 valence electrons. The van der Waals surface area contributed by atoms with Crippen molar-refractivity contribution in [1.29, 1.82) is 0 Å². The van der Waals surface area contributed by atoms with Crippen LogP contribution < -0.4 is 10.6 Å². The predicted molar refractivity (Wildman–Crippen MR) is 62.9 cm³/mol. The Kier molecular flexibility index (Phi) is 2.95. The zero-order valence-corrected chi connectivity index (χ0v) is 9.40. The van der Waals surface area contributed by atoms with Gasteiger partial charge in [0, 0.05) is 18.5 Å². The van der Waals surface area contributed by atoms with E-state index in [1.54, 1.807) is 25.1 Å². The highest BCUT2D eigenvalue weighted by Crippen LogP contribution is 2.28.